The van der Waals surface area contributed by atoms with E-state index in [1.165, 1.54) is 17.0 Å². The molecule has 0 saturated carbocycles. The predicted molar refractivity (Wildman–Crippen MR) is 82.3 cm³/mol. The van der Waals surface area contributed by atoms with E-state index in [0.29, 0.717) is 11.7 Å². The van der Waals surface area contributed by atoms with Crippen molar-refractivity contribution in [2.45, 2.75) is 39.9 Å². The Kier molecular flexibility index (Phi) is 3.77. The number of nitrogens with one attached hydrogen (secondary N) is 1. The minimum absolute atomic E-state index is 0.0154. The quantitative estimate of drug-likeness (QED) is 0.939. The minimum Gasteiger partial charge on any atom is -0.330 e. The molecule has 112 valence electrons. The Labute approximate surface area is 127 Å². The molecule has 1 aliphatic rings. The topological polar surface area (TPSA) is 63.1 Å². The van der Waals surface area contributed by atoms with Gasteiger partial charge in [-0.1, -0.05) is 0 Å². The number of anilines is 1. The standard InChI is InChI=1S/C14H19N5OS/c1-9-10(2)19-6-5-18(8-12(19)16-9)11(3)13(20)17-14-15-4-7-21-14/h4,7,11H,5-6,8H2,1-3H3,(H,15,17,20)/t11-/m1/s1. The summed E-state index contributed by atoms with van der Waals surface area (Å²) >= 11 is 1.43. The van der Waals surface area contributed by atoms with Gasteiger partial charge in [-0.05, 0) is 20.8 Å². The number of hydrogen-bond donors (Lipinski definition) is 1. The van der Waals surface area contributed by atoms with E-state index in [1.54, 1.807) is 6.20 Å². The van der Waals surface area contributed by atoms with Gasteiger partial charge in [0.25, 0.3) is 0 Å². The number of aromatic nitrogens is 3. The Balaban J connectivity index is 1.69. The Morgan fingerprint density at radius 3 is 2.95 bits per heavy atom. The average molecular weight is 305 g/mol. The maximum Gasteiger partial charge on any atom is 0.243 e. The van der Waals surface area contributed by atoms with Crippen LogP contribution in [0.5, 0.6) is 0 Å². The second-order valence-electron chi connectivity index (χ2n) is 5.32. The van der Waals surface area contributed by atoms with Gasteiger partial charge < -0.3 is 9.88 Å². The van der Waals surface area contributed by atoms with Gasteiger partial charge in [0, 0.05) is 30.4 Å². The highest BCUT2D eigenvalue weighted by molar-refractivity contribution is 7.13. The van der Waals surface area contributed by atoms with Gasteiger partial charge in [0.2, 0.25) is 5.91 Å². The molecule has 3 rings (SSSR count). The van der Waals surface area contributed by atoms with Crippen LogP contribution in [-0.4, -0.2) is 37.9 Å². The van der Waals surface area contributed by atoms with Crippen molar-refractivity contribution in [3.63, 3.8) is 0 Å². The van der Waals surface area contributed by atoms with Gasteiger partial charge in [-0.3, -0.25) is 9.69 Å². The average Bonchev–Trinajstić information content (AvgIpc) is 3.07. The summed E-state index contributed by atoms with van der Waals surface area (Å²) in [5, 5.41) is 5.36. The van der Waals surface area contributed by atoms with Crippen molar-refractivity contribution in [1.29, 1.82) is 0 Å². The van der Waals surface area contributed by atoms with Crippen LogP contribution in [0.25, 0.3) is 0 Å². The first kappa shape index (κ1) is 14.2. The monoisotopic (exact) mass is 305 g/mol. The number of nitrogens with zero attached hydrogens (tertiary/aromatic N) is 4. The van der Waals surface area contributed by atoms with E-state index in [9.17, 15) is 4.79 Å². The summed E-state index contributed by atoms with van der Waals surface area (Å²) in [6.07, 6.45) is 1.69. The van der Waals surface area contributed by atoms with E-state index in [4.69, 9.17) is 0 Å². The molecule has 1 aliphatic heterocycles. The maximum absolute atomic E-state index is 12.3. The third-order valence-corrected chi connectivity index (χ3v) is 4.77. The van der Waals surface area contributed by atoms with Gasteiger partial charge in [-0.15, -0.1) is 11.3 Å². The van der Waals surface area contributed by atoms with Gasteiger partial charge in [0.05, 0.1) is 18.3 Å². The van der Waals surface area contributed by atoms with Crippen LogP contribution in [0.4, 0.5) is 5.13 Å². The van der Waals surface area contributed by atoms with Crippen LogP contribution in [0.3, 0.4) is 0 Å². The Hall–Kier alpha value is -1.73. The highest BCUT2D eigenvalue weighted by Gasteiger charge is 2.27. The number of thiazole rings is 1. The second-order valence-corrected chi connectivity index (χ2v) is 6.22. The molecule has 0 saturated heterocycles. The van der Waals surface area contributed by atoms with Gasteiger partial charge in [0.1, 0.15) is 5.82 Å². The lowest BCUT2D eigenvalue weighted by atomic mass is 10.2. The van der Waals surface area contributed by atoms with Gasteiger partial charge in [0.15, 0.2) is 5.13 Å². The van der Waals surface area contributed by atoms with Crippen molar-refractivity contribution in [3.05, 3.63) is 28.8 Å². The second kappa shape index (κ2) is 5.57. The van der Waals surface area contributed by atoms with Crippen LogP contribution < -0.4 is 5.32 Å². The number of carbonyl (C=O) groups is 1. The first-order valence-corrected chi connectivity index (χ1v) is 7.91. The molecule has 0 spiro atoms. The van der Waals surface area contributed by atoms with Crippen LogP contribution in [0.15, 0.2) is 11.6 Å². The first-order valence-electron chi connectivity index (χ1n) is 7.03. The molecule has 0 aromatic carbocycles. The third-order valence-electron chi connectivity index (χ3n) is 4.08. The number of hydrogen-bond acceptors (Lipinski definition) is 5. The molecule has 2 aromatic rings. The highest BCUT2D eigenvalue weighted by atomic mass is 32.1. The van der Waals surface area contributed by atoms with Crippen molar-refractivity contribution in [3.8, 4) is 0 Å². The van der Waals surface area contributed by atoms with Gasteiger partial charge >= 0.3 is 0 Å². The summed E-state index contributed by atoms with van der Waals surface area (Å²) in [5.74, 6) is 1.03. The summed E-state index contributed by atoms with van der Waals surface area (Å²) in [7, 11) is 0. The Bertz CT molecular complexity index is 649. The fraction of sp³-hybridized carbons (Fsp3) is 0.500. The normalized spacial score (nSPS) is 16.5. The number of rotatable bonds is 3. The molecule has 1 atom stereocenters. The maximum atomic E-state index is 12.3. The molecule has 0 unspecified atom stereocenters. The molecule has 0 aliphatic carbocycles. The van der Waals surface area contributed by atoms with Crippen molar-refractivity contribution < 1.29 is 4.79 Å². The van der Waals surface area contributed by atoms with E-state index in [1.807, 2.05) is 19.2 Å². The zero-order valence-corrected chi connectivity index (χ0v) is 13.3. The summed E-state index contributed by atoms with van der Waals surface area (Å²) in [6.45, 7) is 8.51. The van der Waals surface area contributed by atoms with E-state index in [-0.39, 0.29) is 11.9 Å². The van der Waals surface area contributed by atoms with Crippen LogP contribution in [0.1, 0.15) is 24.1 Å². The van der Waals surface area contributed by atoms with E-state index >= 15 is 0 Å². The molecule has 21 heavy (non-hydrogen) atoms. The third kappa shape index (κ3) is 2.71. The lowest BCUT2D eigenvalue weighted by Crippen LogP contribution is -2.46. The molecule has 1 amide bonds. The summed E-state index contributed by atoms with van der Waals surface area (Å²) in [4.78, 5) is 23.1. The Morgan fingerprint density at radius 1 is 1.43 bits per heavy atom. The van der Waals surface area contributed by atoms with Crippen molar-refractivity contribution >= 4 is 22.4 Å². The first-order chi connectivity index (χ1) is 10.1. The lowest BCUT2D eigenvalue weighted by molar-refractivity contribution is -0.121. The predicted octanol–water partition coefficient (Wildman–Crippen LogP) is 1.80. The highest BCUT2D eigenvalue weighted by Crippen LogP contribution is 2.19. The molecule has 6 nitrogen and oxygen atoms in total. The van der Waals surface area contributed by atoms with Crippen molar-refractivity contribution in [2.75, 3.05) is 11.9 Å². The number of imidazole rings is 1. The fourth-order valence-electron chi connectivity index (χ4n) is 2.62. The van der Waals surface area contributed by atoms with Crippen LogP contribution in [0.2, 0.25) is 0 Å². The number of aryl methyl sites for hydroxylation is 1. The summed E-state index contributed by atoms with van der Waals surface area (Å²) in [6, 6.07) is -0.194. The van der Waals surface area contributed by atoms with Gasteiger partial charge in [-0.2, -0.15) is 0 Å². The molecule has 3 heterocycles. The zero-order valence-electron chi connectivity index (χ0n) is 12.5. The van der Waals surface area contributed by atoms with E-state index in [0.717, 1.165) is 24.6 Å². The van der Waals surface area contributed by atoms with Crippen molar-refractivity contribution in [1.82, 2.24) is 19.4 Å². The fourth-order valence-corrected chi connectivity index (χ4v) is 3.15. The SMILES string of the molecule is Cc1nc2n(c1C)CCN([C@H](C)C(=O)Nc1nccs1)C2. The van der Waals surface area contributed by atoms with E-state index in [2.05, 4.69) is 31.7 Å². The van der Waals surface area contributed by atoms with Crippen LogP contribution in [-0.2, 0) is 17.9 Å². The number of fused-ring (bicyclic) bond motifs is 1. The zero-order chi connectivity index (χ0) is 15.0. The smallest absolute Gasteiger partial charge is 0.243 e. The molecule has 1 N–H and O–H groups in total. The molecule has 7 heteroatoms. The lowest BCUT2D eigenvalue weighted by Gasteiger charge is -2.32. The van der Waals surface area contributed by atoms with Crippen molar-refractivity contribution in [2.24, 2.45) is 0 Å². The molecule has 2 aromatic heterocycles. The molecule has 0 bridgehead atoms. The minimum atomic E-state index is -0.194. The van der Waals surface area contributed by atoms with Crippen LogP contribution in [0, 0.1) is 13.8 Å². The molecular formula is C14H19N5OS. The molecule has 0 fully saturated rings. The summed E-state index contributed by atoms with van der Waals surface area (Å²) in [5.41, 5.74) is 2.30. The molecule has 0 radical (unpaired) electrons. The number of carbonyl (C=O) groups excluding carboxylic acids is 1. The molecular weight excluding hydrogens is 286 g/mol. The van der Waals surface area contributed by atoms with E-state index < -0.39 is 0 Å². The van der Waals surface area contributed by atoms with Crippen LogP contribution >= 0.6 is 11.3 Å². The number of amides is 1. The largest absolute Gasteiger partial charge is 0.330 e. The summed E-state index contributed by atoms with van der Waals surface area (Å²) < 4.78 is 2.25. The Morgan fingerprint density at radius 2 is 2.24 bits per heavy atom. The van der Waals surface area contributed by atoms with Gasteiger partial charge in [-0.25, -0.2) is 9.97 Å².